The lowest BCUT2D eigenvalue weighted by atomic mass is 10.2. The number of hydrogen-bond acceptors (Lipinski definition) is 1. The zero-order valence-corrected chi connectivity index (χ0v) is 9.96. The Morgan fingerprint density at radius 3 is 2.87 bits per heavy atom. The van der Waals surface area contributed by atoms with Gasteiger partial charge in [-0.3, -0.25) is 0 Å². The number of rotatable bonds is 2. The summed E-state index contributed by atoms with van der Waals surface area (Å²) in [4.78, 5) is 0. The van der Waals surface area contributed by atoms with Gasteiger partial charge in [-0.15, -0.1) is 11.6 Å². The van der Waals surface area contributed by atoms with Crippen molar-refractivity contribution in [3.05, 3.63) is 46.4 Å². The lowest BCUT2D eigenvalue weighted by Gasteiger charge is -2.06. The van der Waals surface area contributed by atoms with Gasteiger partial charge in [0.25, 0.3) is 0 Å². The molecule has 2 aromatic rings. The summed E-state index contributed by atoms with van der Waals surface area (Å²) in [6.07, 6.45) is 3.46. The van der Waals surface area contributed by atoms with Crippen molar-refractivity contribution >= 4 is 27.5 Å². The molecule has 0 radical (unpaired) electrons. The largest absolute Gasteiger partial charge is 0.239 e. The van der Waals surface area contributed by atoms with E-state index < -0.39 is 0 Å². The van der Waals surface area contributed by atoms with Crippen molar-refractivity contribution < 1.29 is 4.39 Å². The van der Waals surface area contributed by atoms with E-state index in [1.807, 2.05) is 0 Å². The highest BCUT2D eigenvalue weighted by Gasteiger charge is 2.06. The molecule has 0 spiro atoms. The molecule has 0 saturated heterocycles. The summed E-state index contributed by atoms with van der Waals surface area (Å²) >= 11 is 9.04. The van der Waals surface area contributed by atoms with Crippen molar-refractivity contribution in [2.75, 3.05) is 0 Å². The third-order valence-electron chi connectivity index (χ3n) is 1.98. The molecule has 0 unspecified atom stereocenters. The quantitative estimate of drug-likeness (QED) is 0.774. The number of benzene rings is 1. The van der Waals surface area contributed by atoms with E-state index >= 15 is 0 Å². The minimum absolute atomic E-state index is 0.255. The van der Waals surface area contributed by atoms with Crippen LogP contribution in [0.15, 0.2) is 35.1 Å². The van der Waals surface area contributed by atoms with Crippen LogP contribution in [0.4, 0.5) is 4.39 Å². The Bertz CT molecular complexity index is 484. The fraction of sp³-hybridized carbons (Fsp3) is 0.100. The average molecular weight is 290 g/mol. The van der Waals surface area contributed by atoms with Gasteiger partial charge in [0.1, 0.15) is 5.82 Å². The second-order valence-electron chi connectivity index (χ2n) is 3.01. The molecule has 1 aromatic carbocycles. The molecule has 0 aliphatic carbocycles. The Balaban J connectivity index is 2.52. The van der Waals surface area contributed by atoms with Crippen LogP contribution in [0.5, 0.6) is 0 Å². The summed E-state index contributed by atoms with van der Waals surface area (Å²) in [6.45, 7) is 0. The SMILES string of the molecule is Fc1ccc(-n2cc(Br)cn2)c(CCl)c1. The molecule has 0 saturated carbocycles. The van der Waals surface area contributed by atoms with Crippen LogP contribution in [0.1, 0.15) is 5.56 Å². The summed E-state index contributed by atoms with van der Waals surface area (Å²) in [5.41, 5.74) is 1.50. The Kier molecular flexibility index (Phi) is 3.07. The number of halogens is 3. The smallest absolute Gasteiger partial charge is 0.123 e. The van der Waals surface area contributed by atoms with E-state index in [4.69, 9.17) is 11.6 Å². The van der Waals surface area contributed by atoms with E-state index in [0.717, 1.165) is 10.2 Å². The monoisotopic (exact) mass is 288 g/mol. The molecular formula is C10H7BrClFN2. The second kappa shape index (κ2) is 4.33. The third kappa shape index (κ3) is 2.21. The van der Waals surface area contributed by atoms with Crippen LogP contribution in [0.3, 0.4) is 0 Å². The Labute approximate surface area is 99.8 Å². The average Bonchev–Trinajstić information content (AvgIpc) is 2.64. The van der Waals surface area contributed by atoms with Gasteiger partial charge in [-0.1, -0.05) is 0 Å². The second-order valence-corrected chi connectivity index (χ2v) is 4.19. The van der Waals surface area contributed by atoms with Gasteiger partial charge >= 0.3 is 0 Å². The molecule has 0 bridgehead atoms. The van der Waals surface area contributed by atoms with E-state index in [2.05, 4.69) is 21.0 Å². The van der Waals surface area contributed by atoms with Gasteiger partial charge in [0.05, 0.1) is 16.4 Å². The summed E-state index contributed by atoms with van der Waals surface area (Å²) in [6, 6.07) is 4.46. The van der Waals surface area contributed by atoms with Crippen molar-refractivity contribution in [1.29, 1.82) is 0 Å². The minimum Gasteiger partial charge on any atom is -0.239 e. The third-order valence-corrected chi connectivity index (χ3v) is 2.68. The van der Waals surface area contributed by atoms with Crippen LogP contribution in [0.25, 0.3) is 5.69 Å². The lowest BCUT2D eigenvalue weighted by Crippen LogP contribution is -1.99. The molecule has 2 rings (SSSR count). The number of aromatic nitrogens is 2. The van der Waals surface area contributed by atoms with Crippen molar-refractivity contribution in [3.63, 3.8) is 0 Å². The Morgan fingerprint density at radius 2 is 2.27 bits per heavy atom. The van der Waals surface area contributed by atoms with Gasteiger partial charge < -0.3 is 0 Å². The summed E-state index contributed by atoms with van der Waals surface area (Å²) in [5.74, 6) is -0.0366. The van der Waals surface area contributed by atoms with Crippen LogP contribution in [-0.2, 0) is 5.88 Å². The Morgan fingerprint density at radius 1 is 1.47 bits per heavy atom. The fourth-order valence-corrected chi connectivity index (χ4v) is 1.82. The highest BCUT2D eigenvalue weighted by Crippen LogP contribution is 2.19. The zero-order chi connectivity index (χ0) is 10.8. The molecule has 0 N–H and O–H groups in total. The maximum absolute atomic E-state index is 13.0. The van der Waals surface area contributed by atoms with Crippen LogP contribution in [0.2, 0.25) is 0 Å². The molecule has 0 aliphatic rings. The van der Waals surface area contributed by atoms with Gasteiger partial charge in [0.15, 0.2) is 0 Å². The highest BCUT2D eigenvalue weighted by atomic mass is 79.9. The first kappa shape index (κ1) is 10.6. The van der Waals surface area contributed by atoms with Crippen molar-refractivity contribution in [2.24, 2.45) is 0 Å². The molecule has 1 aromatic heterocycles. The van der Waals surface area contributed by atoms with Gasteiger partial charge in [0.2, 0.25) is 0 Å². The Hall–Kier alpha value is -0.870. The van der Waals surface area contributed by atoms with E-state index in [9.17, 15) is 4.39 Å². The normalized spacial score (nSPS) is 10.6. The molecule has 0 amide bonds. The molecule has 15 heavy (non-hydrogen) atoms. The van der Waals surface area contributed by atoms with Crippen LogP contribution >= 0.6 is 27.5 Å². The van der Waals surface area contributed by atoms with Gasteiger partial charge in [-0.2, -0.15) is 5.10 Å². The number of hydrogen-bond donors (Lipinski definition) is 0. The first-order chi connectivity index (χ1) is 7.20. The molecular weight excluding hydrogens is 282 g/mol. The predicted molar refractivity (Wildman–Crippen MR) is 60.8 cm³/mol. The fourth-order valence-electron chi connectivity index (χ4n) is 1.32. The first-order valence-corrected chi connectivity index (χ1v) is 5.58. The van der Waals surface area contributed by atoms with Crippen molar-refractivity contribution in [2.45, 2.75) is 5.88 Å². The number of alkyl halides is 1. The van der Waals surface area contributed by atoms with Crippen LogP contribution in [0, 0.1) is 5.82 Å². The van der Waals surface area contributed by atoms with Gasteiger partial charge in [-0.25, -0.2) is 9.07 Å². The highest BCUT2D eigenvalue weighted by molar-refractivity contribution is 9.10. The summed E-state index contributed by atoms with van der Waals surface area (Å²) < 4.78 is 15.5. The van der Waals surface area contributed by atoms with E-state index in [0.29, 0.717) is 5.56 Å². The molecule has 0 aliphatic heterocycles. The van der Waals surface area contributed by atoms with E-state index in [-0.39, 0.29) is 11.7 Å². The van der Waals surface area contributed by atoms with Gasteiger partial charge in [-0.05, 0) is 39.7 Å². The maximum Gasteiger partial charge on any atom is 0.123 e. The minimum atomic E-state index is -0.291. The lowest BCUT2D eigenvalue weighted by molar-refractivity contribution is 0.625. The number of nitrogens with zero attached hydrogens (tertiary/aromatic N) is 2. The van der Waals surface area contributed by atoms with Crippen molar-refractivity contribution in [1.82, 2.24) is 9.78 Å². The first-order valence-electron chi connectivity index (χ1n) is 4.25. The van der Waals surface area contributed by atoms with Crippen LogP contribution in [-0.4, -0.2) is 9.78 Å². The summed E-state index contributed by atoms with van der Waals surface area (Å²) in [7, 11) is 0. The molecule has 1 heterocycles. The van der Waals surface area contributed by atoms with Gasteiger partial charge in [0, 0.05) is 12.1 Å². The topological polar surface area (TPSA) is 17.8 Å². The van der Waals surface area contributed by atoms with Crippen LogP contribution < -0.4 is 0 Å². The standard InChI is InChI=1S/C10H7BrClFN2/c11-8-5-14-15(6-8)10-2-1-9(13)3-7(10)4-12/h1-3,5-6H,4H2. The summed E-state index contributed by atoms with van der Waals surface area (Å²) in [5, 5.41) is 4.11. The van der Waals surface area contributed by atoms with E-state index in [1.165, 1.54) is 12.1 Å². The van der Waals surface area contributed by atoms with E-state index in [1.54, 1.807) is 23.1 Å². The predicted octanol–water partition coefficient (Wildman–Crippen LogP) is 3.51. The molecule has 2 nitrogen and oxygen atoms in total. The zero-order valence-electron chi connectivity index (χ0n) is 7.62. The molecule has 0 atom stereocenters. The molecule has 78 valence electrons. The maximum atomic E-state index is 13.0. The molecule has 5 heteroatoms. The van der Waals surface area contributed by atoms with Crippen molar-refractivity contribution in [3.8, 4) is 5.69 Å². The molecule has 0 fully saturated rings.